The zero-order valence-corrected chi connectivity index (χ0v) is 8.27. The molecular formula is C10H14N2O2. The van der Waals surface area contributed by atoms with Crippen LogP contribution in [0.2, 0.25) is 0 Å². The molecule has 0 bridgehead atoms. The van der Waals surface area contributed by atoms with E-state index in [-0.39, 0.29) is 5.92 Å². The fourth-order valence-electron chi connectivity index (χ4n) is 1.14. The average molecular weight is 194 g/mol. The molecule has 76 valence electrons. The number of anilines is 1. The fourth-order valence-corrected chi connectivity index (χ4v) is 1.14. The molecule has 1 rings (SSSR count). The van der Waals surface area contributed by atoms with Crippen molar-refractivity contribution in [2.75, 3.05) is 5.32 Å². The first-order valence-corrected chi connectivity index (χ1v) is 4.50. The summed E-state index contributed by atoms with van der Waals surface area (Å²) in [4.78, 5) is 14.7. The standard InChI is InChI=1S/C10H14N2O2/c1-7(2)9(10(13)14)12-8-3-5-11-6-4-8/h3-7,9H,1-2H3,(H,11,12)(H,13,14)/t9-/m0/s1. The number of aliphatic carboxylic acids is 1. The summed E-state index contributed by atoms with van der Waals surface area (Å²) in [5.74, 6) is -0.794. The number of nitrogens with zero attached hydrogens (tertiary/aromatic N) is 1. The van der Waals surface area contributed by atoms with Gasteiger partial charge < -0.3 is 10.4 Å². The molecule has 0 saturated heterocycles. The Kier molecular flexibility index (Phi) is 3.45. The molecule has 0 spiro atoms. The minimum Gasteiger partial charge on any atom is -0.480 e. The molecule has 0 aliphatic rings. The molecule has 1 aromatic heterocycles. The van der Waals surface area contributed by atoms with Crippen molar-refractivity contribution in [2.45, 2.75) is 19.9 Å². The second kappa shape index (κ2) is 4.60. The first-order chi connectivity index (χ1) is 6.61. The van der Waals surface area contributed by atoms with Gasteiger partial charge in [0.2, 0.25) is 0 Å². The molecule has 0 aliphatic heterocycles. The molecule has 14 heavy (non-hydrogen) atoms. The predicted octanol–water partition coefficient (Wildman–Crippen LogP) is 1.60. The summed E-state index contributed by atoms with van der Waals surface area (Å²) < 4.78 is 0. The van der Waals surface area contributed by atoms with E-state index < -0.39 is 12.0 Å². The van der Waals surface area contributed by atoms with Crippen molar-refractivity contribution in [1.29, 1.82) is 0 Å². The summed E-state index contributed by atoms with van der Waals surface area (Å²) in [5, 5.41) is 11.9. The number of rotatable bonds is 4. The number of hydrogen-bond acceptors (Lipinski definition) is 3. The Morgan fingerprint density at radius 3 is 2.43 bits per heavy atom. The number of pyridine rings is 1. The number of carboxylic acids is 1. The fraction of sp³-hybridized carbons (Fsp3) is 0.400. The highest BCUT2D eigenvalue weighted by molar-refractivity contribution is 5.77. The topological polar surface area (TPSA) is 62.2 Å². The number of nitrogens with one attached hydrogen (secondary N) is 1. The van der Waals surface area contributed by atoms with E-state index in [1.165, 1.54) is 0 Å². The van der Waals surface area contributed by atoms with Crippen LogP contribution in [0.15, 0.2) is 24.5 Å². The van der Waals surface area contributed by atoms with E-state index in [1.807, 2.05) is 13.8 Å². The van der Waals surface area contributed by atoms with Gasteiger partial charge in [0.1, 0.15) is 6.04 Å². The second-order valence-corrected chi connectivity index (χ2v) is 3.44. The Hall–Kier alpha value is -1.58. The summed E-state index contributed by atoms with van der Waals surface area (Å²) in [6.07, 6.45) is 3.25. The van der Waals surface area contributed by atoms with Crippen LogP contribution >= 0.6 is 0 Å². The van der Waals surface area contributed by atoms with Gasteiger partial charge in [0.25, 0.3) is 0 Å². The van der Waals surface area contributed by atoms with Gasteiger partial charge in [-0.15, -0.1) is 0 Å². The van der Waals surface area contributed by atoms with Crippen molar-refractivity contribution in [3.63, 3.8) is 0 Å². The zero-order valence-electron chi connectivity index (χ0n) is 8.27. The highest BCUT2D eigenvalue weighted by Crippen LogP contribution is 2.11. The molecule has 1 aromatic rings. The molecule has 1 heterocycles. The lowest BCUT2D eigenvalue weighted by Gasteiger charge is -2.18. The third kappa shape index (κ3) is 2.73. The summed E-state index contributed by atoms with van der Waals surface area (Å²) in [5.41, 5.74) is 0.779. The Balaban J connectivity index is 2.70. The van der Waals surface area contributed by atoms with E-state index in [9.17, 15) is 4.79 Å². The zero-order chi connectivity index (χ0) is 10.6. The van der Waals surface area contributed by atoms with E-state index in [0.29, 0.717) is 0 Å². The Morgan fingerprint density at radius 2 is 2.00 bits per heavy atom. The molecule has 1 atom stereocenters. The van der Waals surface area contributed by atoms with E-state index in [1.54, 1.807) is 24.5 Å². The monoisotopic (exact) mass is 194 g/mol. The molecule has 0 unspecified atom stereocenters. The van der Waals surface area contributed by atoms with Gasteiger partial charge in [0.05, 0.1) is 0 Å². The molecular weight excluding hydrogens is 180 g/mol. The van der Waals surface area contributed by atoms with Gasteiger partial charge in [-0.3, -0.25) is 4.98 Å². The second-order valence-electron chi connectivity index (χ2n) is 3.44. The van der Waals surface area contributed by atoms with Gasteiger partial charge in [-0.05, 0) is 18.1 Å². The first kappa shape index (κ1) is 10.5. The number of carboxylic acid groups (broad SMARTS) is 1. The highest BCUT2D eigenvalue weighted by atomic mass is 16.4. The Morgan fingerprint density at radius 1 is 1.43 bits per heavy atom. The Labute approximate surface area is 83.0 Å². The summed E-state index contributed by atoms with van der Waals surface area (Å²) in [6, 6.07) is 2.94. The van der Waals surface area contributed by atoms with Crippen LogP contribution < -0.4 is 5.32 Å². The molecule has 4 nitrogen and oxygen atoms in total. The van der Waals surface area contributed by atoms with E-state index in [2.05, 4.69) is 10.3 Å². The van der Waals surface area contributed by atoms with Gasteiger partial charge in [-0.25, -0.2) is 4.79 Å². The van der Waals surface area contributed by atoms with Crippen molar-refractivity contribution in [1.82, 2.24) is 4.98 Å². The van der Waals surface area contributed by atoms with Crippen LogP contribution in [0.4, 0.5) is 5.69 Å². The molecule has 0 aromatic carbocycles. The number of carbonyl (C=O) groups is 1. The molecule has 2 N–H and O–H groups in total. The molecule has 0 fully saturated rings. The van der Waals surface area contributed by atoms with Crippen LogP contribution in [0.3, 0.4) is 0 Å². The largest absolute Gasteiger partial charge is 0.480 e. The maximum Gasteiger partial charge on any atom is 0.326 e. The third-order valence-electron chi connectivity index (χ3n) is 1.94. The lowest BCUT2D eigenvalue weighted by Crippen LogP contribution is -2.34. The van der Waals surface area contributed by atoms with Crippen LogP contribution in [-0.2, 0) is 4.79 Å². The van der Waals surface area contributed by atoms with Crippen LogP contribution in [0, 0.1) is 5.92 Å². The summed E-state index contributed by atoms with van der Waals surface area (Å²) in [7, 11) is 0. The minimum absolute atomic E-state index is 0.0423. The van der Waals surface area contributed by atoms with Crippen molar-refractivity contribution in [3.05, 3.63) is 24.5 Å². The summed E-state index contributed by atoms with van der Waals surface area (Å²) >= 11 is 0. The number of hydrogen-bond donors (Lipinski definition) is 2. The predicted molar refractivity (Wildman–Crippen MR) is 54.1 cm³/mol. The summed E-state index contributed by atoms with van der Waals surface area (Å²) in [6.45, 7) is 3.74. The van der Waals surface area contributed by atoms with Gasteiger partial charge in [0.15, 0.2) is 0 Å². The van der Waals surface area contributed by atoms with Crippen molar-refractivity contribution in [3.8, 4) is 0 Å². The van der Waals surface area contributed by atoms with Crippen LogP contribution in [0.5, 0.6) is 0 Å². The van der Waals surface area contributed by atoms with Crippen molar-refractivity contribution < 1.29 is 9.90 Å². The van der Waals surface area contributed by atoms with Crippen LogP contribution in [0.25, 0.3) is 0 Å². The first-order valence-electron chi connectivity index (χ1n) is 4.50. The van der Waals surface area contributed by atoms with Crippen LogP contribution in [0.1, 0.15) is 13.8 Å². The maximum absolute atomic E-state index is 10.9. The van der Waals surface area contributed by atoms with Crippen molar-refractivity contribution in [2.24, 2.45) is 5.92 Å². The quantitative estimate of drug-likeness (QED) is 0.764. The van der Waals surface area contributed by atoms with Gasteiger partial charge >= 0.3 is 5.97 Å². The third-order valence-corrected chi connectivity index (χ3v) is 1.94. The van der Waals surface area contributed by atoms with E-state index >= 15 is 0 Å². The van der Waals surface area contributed by atoms with Crippen molar-refractivity contribution >= 4 is 11.7 Å². The average Bonchev–Trinajstić information content (AvgIpc) is 2.15. The molecule has 4 heteroatoms. The highest BCUT2D eigenvalue weighted by Gasteiger charge is 2.20. The SMILES string of the molecule is CC(C)[C@H](Nc1ccncc1)C(=O)O. The normalized spacial score (nSPS) is 12.5. The molecule has 0 amide bonds. The number of aromatic nitrogens is 1. The lowest BCUT2D eigenvalue weighted by molar-refractivity contribution is -0.138. The lowest BCUT2D eigenvalue weighted by atomic mass is 10.0. The van der Waals surface area contributed by atoms with E-state index in [4.69, 9.17) is 5.11 Å². The Bertz CT molecular complexity index is 298. The van der Waals surface area contributed by atoms with Crippen LogP contribution in [-0.4, -0.2) is 22.1 Å². The maximum atomic E-state index is 10.9. The van der Waals surface area contributed by atoms with Gasteiger partial charge in [-0.1, -0.05) is 13.8 Å². The van der Waals surface area contributed by atoms with Gasteiger partial charge in [-0.2, -0.15) is 0 Å². The molecule has 0 aliphatic carbocycles. The smallest absolute Gasteiger partial charge is 0.326 e. The molecule has 0 saturated carbocycles. The van der Waals surface area contributed by atoms with E-state index in [0.717, 1.165) is 5.69 Å². The van der Waals surface area contributed by atoms with Gasteiger partial charge in [0, 0.05) is 18.1 Å². The molecule has 0 radical (unpaired) electrons. The minimum atomic E-state index is -0.836.